The summed E-state index contributed by atoms with van der Waals surface area (Å²) in [5.41, 5.74) is 0. The molecule has 0 heterocycles. The molecule has 0 aliphatic rings. The molecule has 24 heteroatoms. The molecule has 0 aromatic rings. The standard InChI is InChI=1S/C14H14F16O7S/c15-7(16)10(21,22)36-11(23,24)8(17,18)1-3-34-5-6-35-4-2-9(19,20)12(25,26)37-13(27,28)14(29,30)38(31,32)33/h7H,1-6H2,(H,31,32,33). The summed E-state index contributed by atoms with van der Waals surface area (Å²) >= 11 is 0. The molecule has 0 bridgehead atoms. The zero-order valence-electron chi connectivity index (χ0n) is 17.7. The van der Waals surface area contributed by atoms with Gasteiger partial charge in [0.1, 0.15) is 0 Å². The van der Waals surface area contributed by atoms with Gasteiger partial charge >= 0.3 is 58.1 Å². The summed E-state index contributed by atoms with van der Waals surface area (Å²) in [5, 5.41) is -6.79. The van der Waals surface area contributed by atoms with E-state index in [1.807, 2.05) is 4.74 Å². The summed E-state index contributed by atoms with van der Waals surface area (Å²) in [6.07, 6.45) is -34.8. The van der Waals surface area contributed by atoms with Crippen LogP contribution in [0, 0.1) is 0 Å². The van der Waals surface area contributed by atoms with Crippen molar-refractivity contribution < 1.29 is 102 Å². The minimum atomic E-state index is -7.12. The van der Waals surface area contributed by atoms with Crippen molar-refractivity contribution in [3.8, 4) is 0 Å². The van der Waals surface area contributed by atoms with Crippen LogP contribution in [0.2, 0.25) is 0 Å². The van der Waals surface area contributed by atoms with E-state index in [1.165, 1.54) is 0 Å². The maximum atomic E-state index is 13.4. The largest absolute Gasteiger partial charge is 0.460 e. The Morgan fingerprint density at radius 1 is 0.579 bits per heavy atom. The van der Waals surface area contributed by atoms with Gasteiger partial charge < -0.3 is 9.47 Å². The van der Waals surface area contributed by atoms with E-state index in [2.05, 4.69) is 14.2 Å². The second-order valence-electron chi connectivity index (χ2n) is 6.74. The maximum Gasteiger partial charge on any atom is 0.460 e. The van der Waals surface area contributed by atoms with Crippen molar-refractivity contribution in [3.05, 3.63) is 0 Å². The average molecular weight is 630 g/mol. The first-order valence-corrected chi connectivity index (χ1v) is 10.5. The SMILES string of the molecule is O=S(=O)(O)C(F)(F)C(F)(F)OC(F)(F)C(F)(F)CCOCCOCCC(F)(F)C(F)(F)OC(F)(F)C(F)F. The van der Waals surface area contributed by atoms with Crippen LogP contribution in [-0.4, -0.2) is 87.4 Å². The van der Waals surface area contributed by atoms with Gasteiger partial charge in [0.15, 0.2) is 0 Å². The molecule has 0 amide bonds. The lowest BCUT2D eigenvalue weighted by molar-refractivity contribution is -0.457. The number of halogens is 16. The lowest BCUT2D eigenvalue weighted by atomic mass is 10.2. The fourth-order valence-corrected chi connectivity index (χ4v) is 2.09. The molecule has 0 saturated heterocycles. The predicted molar refractivity (Wildman–Crippen MR) is 85.2 cm³/mol. The first kappa shape index (κ1) is 36.6. The van der Waals surface area contributed by atoms with Gasteiger partial charge in [-0.2, -0.15) is 69.9 Å². The van der Waals surface area contributed by atoms with Crippen LogP contribution < -0.4 is 0 Å². The Labute approximate surface area is 200 Å². The molecule has 1 N–H and O–H groups in total. The fourth-order valence-electron chi connectivity index (χ4n) is 1.75. The van der Waals surface area contributed by atoms with Gasteiger partial charge in [-0.15, -0.1) is 0 Å². The highest BCUT2D eigenvalue weighted by Crippen LogP contribution is 2.47. The van der Waals surface area contributed by atoms with Gasteiger partial charge in [-0.3, -0.25) is 4.55 Å². The molecular weight excluding hydrogens is 616 g/mol. The molecule has 0 aromatic heterocycles. The highest BCUT2D eigenvalue weighted by Gasteiger charge is 2.73. The summed E-state index contributed by atoms with van der Waals surface area (Å²) in [7, 11) is -7.12. The second-order valence-corrected chi connectivity index (χ2v) is 8.21. The third-order valence-electron chi connectivity index (χ3n) is 3.78. The normalized spacial score (nSPS) is 15.4. The smallest absolute Gasteiger partial charge is 0.379 e. The highest BCUT2D eigenvalue weighted by molar-refractivity contribution is 7.86. The van der Waals surface area contributed by atoms with Crippen LogP contribution in [0.25, 0.3) is 0 Å². The molecule has 0 unspecified atom stereocenters. The number of ether oxygens (including phenoxy) is 4. The minimum absolute atomic E-state index is 0.979. The van der Waals surface area contributed by atoms with Crippen molar-refractivity contribution in [1.82, 2.24) is 0 Å². The second kappa shape index (κ2) is 12.0. The molecule has 0 rings (SSSR count). The number of hydrogen-bond acceptors (Lipinski definition) is 6. The van der Waals surface area contributed by atoms with Gasteiger partial charge in [-0.25, -0.2) is 18.3 Å². The Hall–Kier alpha value is -1.37. The maximum absolute atomic E-state index is 13.4. The van der Waals surface area contributed by atoms with E-state index in [0.717, 1.165) is 0 Å². The van der Waals surface area contributed by atoms with Crippen molar-refractivity contribution >= 4 is 10.1 Å². The van der Waals surface area contributed by atoms with Crippen molar-refractivity contribution in [1.29, 1.82) is 0 Å². The number of rotatable bonds is 18. The third-order valence-corrected chi connectivity index (χ3v) is 4.67. The average Bonchev–Trinajstić information content (AvgIpc) is 2.66. The molecule has 0 aromatic carbocycles. The van der Waals surface area contributed by atoms with E-state index in [1.54, 1.807) is 0 Å². The van der Waals surface area contributed by atoms with Crippen molar-refractivity contribution in [2.45, 2.75) is 60.8 Å². The van der Waals surface area contributed by atoms with E-state index < -0.39 is 97.3 Å². The topological polar surface area (TPSA) is 91.3 Å². The minimum Gasteiger partial charge on any atom is -0.379 e. The lowest BCUT2D eigenvalue weighted by Crippen LogP contribution is -2.56. The summed E-state index contributed by atoms with van der Waals surface area (Å²) in [6, 6.07) is 0. The zero-order chi connectivity index (χ0) is 30.6. The summed E-state index contributed by atoms with van der Waals surface area (Å²) in [5.74, 6) is -11.3. The molecular formula is C14H14F16O7S. The van der Waals surface area contributed by atoms with Crippen molar-refractivity contribution in [3.63, 3.8) is 0 Å². The van der Waals surface area contributed by atoms with E-state index in [0.29, 0.717) is 0 Å². The molecule has 0 atom stereocenters. The van der Waals surface area contributed by atoms with Crippen LogP contribution in [0.3, 0.4) is 0 Å². The highest BCUT2D eigenvalue weighted by atomic mass is 32.2. The van der Waals surface area contributed by atoms with Gasteiger partial charge in [-0.1, -0.05) is 0 Å². The summed E-state index contributed by atoms with van der Waals surface area (Å²) in [4.78, 5) is 0. The molecule has 0 aliphatic carbocycles. The van der Waals surface area contributed by atoms with Crippen LogP contribution in [0.4, 0.5) is 70.2 Å². The Morgan fingerprint density at radius 2 is 0.921 bits per heavy atom. The molecule has 0 fully saturated rings. The predicted octanol–water partition coefficient (Wildman–Crippen LogP) is 5.22. The van der Waals surface area contributed by atoms with Gasteiger partial charge in [0.05, 0.1) is 26.4 Å². The first-order valence-electron chi connectivity index (χ1n) is 9.02. The quantitative estimate of drug-likeness (QED) is 0.126. The Kier molecular flexibility index (Phi) is 11.6. The lowest BCUT2D eigenvalue weighted by Gasteiger charge is -2.31. The summed E-state index contributed by atoms with van der Waals surface area (Å²) in [6.45, 7) is -4.98. The zero-order valence-corrected chi connectivity index (χ0v) is 18.5. The molecule has 38 heavy (non-hydrogen) atoms. The van der Waals surface area contributed by atoms with Crippen LogP contribution in [-0.2, 0) is 29.1 Å². The third kappa shape index (κ3) is 9.09. The molecule has 0 aliphatic heterocycles. The summed E-state index contributed by atoms with van der Waals surface area (Å²) < 4.78 is 247. The monoisotopic (exact) mass is 630 g/mol. The van der Waals surface area contributed by atoms with Crippen LogP contribution in [0.1, 0.15) is 12.8 Å². The number of alkyl halides is 16. The van der Waals surface area contributed by atoms with Crippen LogP contribution in [0.15, 0.2) is 0 Å². The molecule has 0 spiro atoms. The van der Waals surface area contributed by atoms with Gasteiger partial charge in [-0.05, 0) is 0 Å². The molecule has 0 saturated carbocycles. The van der Waals surface area contributed by atoms with Crippen LogP contribution >= 0.6 is 0 Å². The molecule has 7 nitrogen and oxygen atoms in total. The first-order chi connectivity index (χ1) is 16.6. The Bertz CT molecular complexity index is 865. The van der Waals surface area contributed by atoms with Crippen LogP contribution in [0.5, 0.6) is 0 Å². The van der Waals surface area contributed by atoms with Gasteiger partial charge in [0.2, 0.25) is 0 Å². The Morgan fingerprint density at radius 3 is 1.24 bits per heavy atom. The van der Waals surface area contributed by atoms with Crippen molar-refractivity contribution in [2.24, 2.45) is 0 Å². The van der Waals surface area contributed by atoms with E-state index in [-0.39, 0.29) is 0 Å². The van der Waals surface area contributed by atoms with Gasteiger partial charge in [0, 0.05) is 12.8 Å². The van der Waals surface area contributed by atoms with E-state index >= 15 is 0 Å². The molecule has 0 radical (unpaired) electrons. The number of hydrogen-bond donors (Lipinski definition) is 1. The fraction of sp³-hybridized carbons (Fsp3) is 1.00. The molecule has 230 valence electrons. The van der Waals surface area contributed by atoms with E-state index in [9.17, 15) is 78.7 Å². The van der Waals surface area contributed by atoms with Crippen molar-refractivity contribution in [2.75, 3.05) is 26.4 Å². The van der Waals surface area contributed by atoms with Gasteiger partial charge in [0.25, 0.3) is 0 Å². The van der Waals surface area contributed by atoms with E-state index in [4.69, 9.17) is 4.55 Å². The Balaban J connectivity index is 4.69.